The number of hydrogen-bond donors (Lipinski definition) is 1. The molecular formula is C15H28N2O3. The molecule has 0 radical (unpaired) electrons. The molecule has 1 aliphatic rings. The van der Waals surface area contributed by atoms with Gasteiger partial charge in [-0.15, -0.1) is 0 Å². The molecule has 0 aromatic carbocycles. The van der Waals surface area contributed by atoms with Crippen molar-refractivity contribution in [1.82, 2.24) is 9.80 Å². The molecule has 0 aromatic heterocycles. The second-order valence-corrected chi connectivity index (χ2v) is 7.03. The Balaban J connectivity index is 2.48. The minimum absolute atomic E-state index is 0.0505. The number of aliphatic carboxylic acids is 1. The Morgan fingerprint density at radius 3 is 2.20 bits per heavy atom. The molecule has 116 valence electrons. The van der Waals surface area contributed by atoms with Gasteiger partial charge in [0, 0.05) is 26.7 Å². The van der Waals surface area contributed by atoms with E-state index in [9.17, 15) is 9.59 Å². The number of amides is 2. The van der Waals surface area contributed by atoms with Gasteiger partial charge >= 0.3 is 12.0 Å². The van der Waals surface area contributed by atoms with Crippen LogP contribution in [0.4, 0.5) is 4.79 Å². The predicted molar refractivity (Wildman–Crippen MR) is 78.6 cm³/mol. The van der Waals surface area contributed by atoms with Gasteiger partial charge in [-0.2, -0.15) is 0 Å². The van der Waals surface area contributed by atoms with E-state index in [0.29, 0.717) is 11.3 Å². The van der Waals surface area contributed by atoms with E-state index in [2.05, 4.69) is 20.8 Å². The second kappa shape index (κ2) is 6.46. The van der Waals surface area contributed by atoms with Crippen LogP contribution in [0.15, 0.2) is 0 Å². The molecule has 0 spiro atoms. The third-order valence-electron chi connectivity index (χ3n) is 4.29. The Bertz CT molecular complexity index is 355. The summed E-state index contributed by atoms with van der Waals surface area (Å²) in [6.07, 6.45) is 2.05. The topological polar surface area (TPSA) is 60.9 Å². The predicted octanol–water partition coefficient (Wildman–Crippen LogP) is 2.52. The average Bonchev–Trinajstić information content (AvgIpc) is 2.36. The zero-order chi connectivity index (χ0) is 15.5. The summed E-state index contributed by atoms with van der Waals surface area (Å²) in [5, 5.41) is 8.90. The molecule has 1 saturated heterocycles. The van der Waals surface area contributed by atoms with Crippen molar-refractivity contribution in [3.63, 3.8) is 0 Å². The summed E-state index contributed by atoms with van der Waals surface area (Å²) < 4.78 is 0. The zero-order valence-electron chi connectivity index (χ0n) is 13.3. The van der Waals surface area contributed by atoms with Crippen LogP contribution in [0.1, 0.15) is 40.5 Å². The van der Waals surface area contributed by atoms with Crippen LogP contribution in [-0.4, -0.2) is 53.6 Å². The maximum atomic E-state index is 12.3. The lowest BCUT2D eigenvalue weighted by Crippen LogP contribution is -2.48. The van der Waals surface area contributed by atoms with Gasteiger partial charge in [-0.25, -0.2) is 4.79 Å². The number of rotatable bonds is 3. The minimum Gasteiger partial charge on any atom is -0.481 e. The van der Waals surface area contributed by atoms with E-state index >= 15 is 0 Å². The molecule has 0 aromatic rings. The standard InChI is InChI=1S/C15H28N2O3/c1-11(13(18)19)10-16(5)14(20)17-8-6-12(7-9-17)15(2,3)4/h11-12H,6-10H2,1-5H3,(H,18,19). The monoisotopic (exact) mass is 284 g/mol. The van der Waals surface area contributed by atoms with E-state index in [1.54, 1.807) is 14.0 Å². The minimum atomic E-state index is -0.865. The van der Waals surface area contributed by atoms with Crippen LogP contribution in [0.3, 0.4) is 0 Å². The first kappa shape index (κ1) is 16.8. The third-order valence-corrected chi connectivity index (χ3v) is 4.29. The van der Waals surface area contributed by atoms with Crippen LogP contribution in [0, 0.1) is 17.3 Å². The fourth-order valence-corrected chi connectivity index (χ4v) is 2.75. The molecule has 0 bridgehead atoms. The molecule has 1 heterocycles. The van der Waals surface area contributed by atoms with Gasteiger partial charge in [-0.1, -0.05) is 27.7 Å². The summed E-state index contributed by atoms with van der Waals surface area (Å²) in [6, 6.07) is -0.0505. The highest BCUT2D eigenvalue weighted by Gasteiger charge is 2.31. The van der Waals surface area contributed by atoms with E-state index in [1.165, 1.54) is 4.90 Å². The van der Waals surface area contributed by atoms with Crippen molar-refractivity contribution in [3.05, 3.63) is 0 Å². The van der Waals surface area contributed by atoms with Gasteiger partial charge in [-0.05, 0) is 24.2 Å². The molecule has 0 aliphatic carbocycles. The molecule has 0 saturated carbocycles. The number of carboxylic acid groups (broad SMARTS) is 1. The fourth-order valence-electron chi connectivity index (χ4n) is 2.75. The van der Waals surface area contributed by atoms with Crippen molar-refractivity contribution in [1.29, 1.82) is 0 Å². The summed E-state index contributed by atoms with van der Waals surface area (Å²) in [7, 11) is 1.68. The molecular weight excluding hydrogens is 256 g/mol. The van der Waals surface area contributed by atoms with Crippen molar-refractivity contribution >= 4 is 12.0 Å². The van der Waals surface area contributed by atoms with Gasteiger partial charge in [-0.3, -0.25) is 4.79 Å². The summed E-state index contributed by atoms with van der Waals surface area (Å²) in [5.74, 6) is -0.748. The van der Waals surface area contributed by atoms with Crippen LogP contribution in [0.2, 0.25) is 0 Å². The molecule has 5 nitrogen and oxygen atoms in total. The summed E-state index contributed by atoms with van der Waals surface area (Å²) in [6.45, 7) is 10.2. The molecule has 1 fully saturated rings. The Morgan fingerprint density at radius 1 is 1.30 bits per heavy atom. The first-order valence-corrected chi connectivity index (χ1v) is 7.35. The van der Waals surface area contributed by atoms with E-state index in [4.69, 9.17) is 5.11 Å². The van der Waals surface area contributed by atoms with E-state index in [0.717, 1.165) is 25.9 Å². The van der Waals surface area contributed by atoms with Crippen molar-refractivity contribution in [2.45, 2.75) is 40.5 Å². The quantitative estimate of drug-likeness (QED) is 0.866. The molecule has 5 heteroatoms. The van der Waals surface area contributed by atoms with Crippen molar-refractivity contribution in [2.24, 2.45) is 17.3 Å². The smallest absolute Gasteiger partial charge is 0.319 e. The number of nitrogens with zero attached hydrogens (tertiary/aromatic N) is 2. The molecule has 1 aliphatic heterocycles. The maximum Gasteiger partial charge on any atom is 0.319 e. The number of carbonyl (C=O) groups is 2. The number of piperidine rings is 1. The highest BCUT2D eigenvalue weighted by Crippen LogP contribution is 2.34. The van der Waals surface area contributed by atoms with Gasteiger partial charge in [0.25, 0.3) is 0 Å². The molecule has 1 unspecified atom stereocenters. The SMILES string of the molecule is CC(CN(C)C(=O)N1CCC(C(C)(C)C)CC1)C(=O)O. The van der Waals surface area contributed by atoms with Crippen LogP contribution >= 0.6 is 0 Å². The second-order valence-electron chi connectivity index (χ2n) is 7.03. The van der Waals surface area contributed by atoms with Crippen molar-refractivity contribution < 1.29 is 14.7 Å². The summed E-state index contributed by atoms with van der Waals surface area (Å²) in [4.78, 5) is 26.5. The number of carboxylic acids is 1. The van der Waals surface area contributed by atoms with Crippen LogP contribution in [0.5, 0.6) is 0 Å². The van der Waals surface area contributed by atoms with E-state index in [1.807, 2.05) is 4.90 Å². The lowest BCUT2D eigenvalue weighted by Gasteiger charge is -2.40. The Kier molecular flexibility index (Phi) is 5.42. The van der Waals surface area contributed by atoms with Gasteiger partial charge in [0.15, 0.2) is 0 Å². The largest absolute Gasteiger partial charge is 0.481 e. The lowest BCUT2D eigenvalue weighted by atomic mass is 9.75. The highest BCUT2D eigenvalue weighted by atomic mass is 16.4. The number of carbonyl (C=O) groups excluding carboxylic acids is 1. The number of hydrogen-bond acceptors (Lipinski definition) is 2. The number of likely N-dealkylation sites (tertiary alicyclic amines) is 1. The van der Waals surface area contributed by atoms with Crippen LogP contribution in [0.25, 0.3) is 0 Å². The lowest BCUT2D eigenvalue weighted by molar-refractivity contribution is -0.141. The van der Waals surface area contributed by atoms with Gasteiger partial charge in [0.05, 0.1) is 5.92 Å². The Labute approximate surface area is 121 Å². The van der Waals surface area contributed by atoms with Gasteiger partial charge in [0.2, 0.25) is 0 Å². The average molecular weight is 284 g/mol. The van der Waals surface area contributed by atoms with Crippen LogP contribution < -0.4 is 0 Å². The normalized spacial score (nSPS) is 18.8. The molecule has 1 atom stereocenters. The maximum absolute atomic E-state index is 12.3. The van der Waals surface area contributed by atoms with Crippen molar-refractivity contribution in [3.8, 4) is 0 Å². The van der Waals surface area contributed by atoms with E-state index < -0.39 is 11.9 Å². The van der Waals surface area contributed by atoms with Crippen molar-refractivity contribution in [2.75, 3.05) is 26.7 Å². The first-order chi connectivity index (χ1) is 9.12. The molecule has 20 heavy (non-hydrogen) atoms. The van der Waals surface area contributed by atoms with Gasteiger partial charge in [0.1, 0.15) is 0 Å². The molecule has 2 amide bonds. The van der Waals surface area contributed by atoms with Crippen LogP contribution in [-0.2, 0) is 4.79 Å². The summed E-state index contributed by atoms with van der Waals surface area (Å²) in [5.41, 5.74) is 0.291. The fraction of sp³-hybridized carbons (Fsp3) is 0.867. The zero-order valence-corrected chi connectivity index (χ0v) is 13.3. The first-order valence-electron chi connectivity index (χ1n) is 7.35. The highest BCUT2D eigenvalue weighted by molar-refractivity contribution is 5.76. The van der Waals surface area contributed by atoms with E-state index in [-0.39, 0.29) is 12.6 Å². The molecule has 1 rings (SSSR count). The molecule has 1 N–H and O–H groups in total. The van der Waals surface area contributed by atoms with Gasteiger partial charge < -0.3 is 14.9 Å². The third kappa shape index (κ3) is 4.39. The Morgan fingerprint density at radius 2 is 1.80 bits per heavy atom. The summed E-state index contributed by atoms with van der Waals surface area (Å²) >= 11 is 0. The number of urea groups is 1. The Hall–Kier alpha value is -1.26.